The van der Waals surface area contributed by atoms with E-state index in [4.69, 9.17) is 4.74 Å². The molecule has 2 heteroatoms. The van der Waals surface area contributed by atoms with Crippen LogP contribution in [0.3, 0.4) is 0 Å². The Morgan fingerprint density at radius 1 is 1.06 bits per heavy atom. The molecule has 1 aliphatic carbocycles. The van der Waals surface area contributed by atoms with Crippen LogP contribution < -0.4 is 5.32 Å². The van der Waals surface area contributed by atoms with Crippen molar-refractivity contribution in [1.29, 1.82) is 0 Å². The average molecular weight is 225 g/mol. The Balaban J connectivity index is 1.60. The standard InChI is InChI=1S/C14H27NO/c1-3-12-5-7-13(8-6-12)15-10-14-9-4-11(2)16-14/h11-15H,3-10H2,1-2H3. The van der Waals surface area contributed by atoms with Gasteiger partial charge in [-0.25, -0.2) is 0 Å². The third-order valence-corrected chi connectivity index (χ3v) is 4.38. The maximum atomic E-state index is 5.83. The van der Waals surface area contributed by atoms with E-state index in [0.29, 0.717) is 12.2 Å². The van der Waals surface area contributed by atoms with Gasteiger partial charge in [-0.15, -0.1) is 0 Å². The first-order valence-electron chi connectivity index (χ1n) is 7.16. The van der Waals surface area contributed by atoms with Gasteiger partial charge in [0.1, 0.15) is 0 Å². The van der Waals surface area contributed by atoms with Crippen molar-refractivity contribution < 1.29 is 4.74 Å². The zero-order valence-electron chi connectivity index (χ0n) is 10.9. The molecule has 0 aromatic carbocycles. The molecule has 94 valence electrons. The highest BCUT2D eigenvalue weighted by Crippen LogP contribution is 2.26. The van der Waals surface area contributed by atoms with Crippen LogP contribution in [0.1, 0.15) is 58.8 Å². The second-order valence-corrected chi connectivity index (χ2v) is 5.68. The minimum absolute atomic E-state index is 0.485. The molecule has 1 saturated carbocycles. The van der Waals surface area contributed by atoms with Crippen molar-refractivity contribution in [1.82, 2.24) is 5.32 Å². The average Bonchev–Trinajstić information content (AvgIpc) is 2.73. The lowest BCUT2D eigenvalue weighted by molar-refractivity contribution is 0.0530. The van der Waals surface area contributed by atoms with Crippen molar-refractivity contribution in [3.63, 3.8) is 0 Å². The van der Waals surface area contributed by atoms with Gasteiger partial charge in [-0.2, -0.15) is 0 Å². The summed E-state index contributed by atoms with van der Waals surface area (Å²) in [6.07, 6.45) is 10.4. The molecule has 2 atom stereocenters. The van der Waals surface area contributed by atoms with Crippen LogP contribution in [0.2, 0.25) is 0 Å². The van der Waals surface area contributed by atoms with Crippen LogP contribution in [0.5, 0.6) is 0 Å². The summed E-state index contributed by atoms with van der Waals surface area (Å²) < 4.78 is 5.83. The molecule has 1 saturated heterocycles. The fraction of sp³-hybridized carbons (Fsp3) is 1.00. The van der Waals surface area contributed by atoms with Crippen LogP contribution in [-0.2, 0) is 4.74 Å². The molecular weight excluding hydrogens is 198 g/mol. The van der Waals surface area contributed by atoms with E-state index in [1.807, 2.05) is 0 Å². The molecule has 1 aliphatic heterocycles. The molecular formula is C14H27NO. The quantitative estimate of drug-likeness (QED) is 0.794. The molecule has 2 fully saturated rings. The molecule has 16 heavy (non-hydrogen) atoms. The van der Waals surface area contributed by atoms with Crippen LogP contribution in [0.15, 0.2) is 0 Å². The van der Waals surface area contributed by atoms with Gasteiger partial charge in [0.25, 0.3) is 0 Å². The number of nitrogens with one attached hydrogen (secondary N) is 1. The first kappa shape index (κ1) is 12.4. The summed E-state index contributed by atoms with van der Waals surface area (Å²) in [5.74, 6) is 1.00. The van der Waals surface area contributed by atoms with Crippen LogP contribution >= 0.6 is 0 Å². The number of ether oxygens (including phenoxy) is 1. The molecule has 0 radical (unpaired) electrons. The van der Waals surface area contributed by atoms with Gasteiger partial charge in [-0.3, -0.25) is 0 Å². The van der Waals surface area contributed by atoms with E-state index in [9.17, 15) is 0 Å². The van der Waals surface area contributed by atoms with Crippen LogP contribution in [0.25, 0.3) is 0 Å². The predicted octanol–water partition coefficient (Wildman–Crippen LogP) is 3.11. The summed E-state index contributed by atoms with van der Waals surface area (Å²) in [6, 6.07) is 0.766. The Bertz CT molecular complexity index is 199. The minimum Gasteiger partial charge on any atom is -0.374 e. The number of hydrogen-bond acceptors (Lipinski definition) is 2. The maximum absolute atomic E-state index is 5.83. The minimum atomic E-state index is 0.485. The lowest BCUT2D eigenvalue weighted by Gasteiger charge is -2.29. The SMILES string of the molecule is CCC1CCC(NCC2CCC(C)O2)CC1. The van der Waals surface area contributed by atoms with E-state index in [0.717, 1.165) is 18.5 Å². The molecule has 2 nitrogen and oxygen atoms in total. The highest BCUT2D eigenvalue weighted by atomic mass is 16.5. The van der Waals surface area contributed by atoms with Gasteiger partial charge in [-0.1, -0.05) is 13.3 Å². The molecule has 0 spiro atoms. The van der Waals surface area contributed by atoms with Crippen molar-refractivity contribution in [3.05, 3.63) is 0 Å². The molecule has 1 N–H and O–H groups in total. The third-order valence-electron chi connectivity index (χ3n) is 4.38. The summed E-state index contributed by atoms with van der Waals surface area (Å²) in [6.45, 7) is 5.59. The van der Waals surface area contributed by atoms with Gasteiger partial charge in [-0.05, 0) is 51.4 Å². The molecule has 0 amide bonds. The lowest BCUT2D eigenvalue weighted by Crippen LogP contribution is -2.38. The van der Waals surface area contributed by atoms with Crippen molar-refractivity contribution in [2.45, 2.75) is 77.0 Å². The summed E-state index contributed by atoms with van der Waals surface area (Å²) in [4.78, 5) is 0. The van der Waals surface area contributed by atoms with E-state index in [1.54, 1.807) is 0 Å². The summed E-state index contributed by atoms with van der Waals surface area (Å²) >= 11 is 0. The van der Waals surface area contributed by atoms with Gasteiger partial charge < -0.3 is 10.1 Å². The molecule has 2 rings (SSSR count). The highest BCUT2D eigenvalue weighted by molar-refractivity contribution is 4.79. The highest BCUT2D eigenvalue weighted by Gasteiger charge is 2.24. The van der Waals surface area contributed by atoms with Crippen molar-refractivity contribution in [3.8, 4) is 0 Å². The van der Waals surface area contributed by atoms with E-state index in [2.05, 4.69) is 19.2 Å². The third kappa shape index (κ3) is 3.46. The summed E-state index contributed by atoms with van der Waals surface area (Å²) in [7, 11) is 0. The molecule has 2 aliphatic rings. The summed E-state index contributed by atoms with van der Waals surface area (Å²) in [5.41, 5.74) is 0. The smallest absolute Gasteiger partial charge is 0.0704 e. The van der Waals surface area contributed by atoms with E-state index in [1.165, 1.54) is 44.9 Å². The van der Waals surface area contributed by atoms with Gasteiger partial charge in [0.05, 0.1) is 12.2 Å². The fourth-order valence-electron chi connectivity index (χ4n) is 3.11. The van der Waals surface area contributed by atoms with Gasteiger partial charge in [0, 0.05) is 12.6 Å². The second kappa shape index (κ2) is 6.02. The van der Waals surface area contributed by atoms with Gasteiger partial charge in [0.15, 0.2) is 0 Å². The monoisotopic (exact) mass is 225 g/mol. The zero-order chi connectivity index (χ0) is 11.4. The Morgan fingerprint density at radius 3 is 2.38 bits per heavy atom. The fourth-order valence-corrected chi connectivity index (χ4v) is 3.11. The first-order valence-corrected chi connectivity index (χ1v) is 7.16. The van der Waals surface area contributed by atoms with Gasteiger partial charge >= 0.3 is 0 Å². The largest absolute Gasteiger partial charge is 0.374 e. The predicted molar refractivity (Wildman–Crippen MR) is 67.6 cm³/mol. The van der Waals surface area contributed by atoms with E-state index < -0.39 is 0 Å². The summed E-state index contributed by atoms with van der Waals surface area (Å²) in [5, 5.41) is 3.70. The lowest BCUT2D eigenvalue weighted by atomic mass is 9.84. The van der Waals surface area contributed by atoms with Crippen molar-refractivity contribution >= 4 is 0 Å². The Kier molecular flexibility index (Phi) is 4.66. The Labute approximate surface area is 100 Å². The Morgan fingerprint density at radius 2 is 1.81 bits per heavy atom. The molecule has 2 unspecified atom stereocenters. The molecule has 0 bridgehead atoms. The first-order chi connectivity index (χ1) is 7.78. The normalized spacial score (nSPS) is 40.1. The van der Waals surface area contributed by atoms with Gasteiger partial charge in [0.2, 0.25) is 0 Å². The van der Waals surface area contributed by atoms with E-state index >= 15 is 0 Å². The second-order valence-electron chi connectivity index (χ2n) is 5.68. The number of rotatable bonds is 4. The van der Waals surface area contributed by atoms with Crippen LogP contribution in [0.4, 0.5) is 0 Å². The Hall–Kier alpha value is -0.0800. The zero-order valence-corrected chi connectivity index (χ0v) is 10.9. The molecule has 0 aromatic rings. The topological polar surface area (TPSA) is 21.3 Å². The van der Waals surface area contributed by atoms with Crippen molar-refractivity contribution in [2.24, 2.45) is 5.92 Å². The number of hydrogen-bond donors (Lipinski definition) is 1. The van der Waals surface area contributed by atoms with Crippen LogP contribution in [-0.4, -0.2) is 24.8 Å². The van der Waals surface area contributed by atoms with Crippen molar-refractivity contribution in [2.75, 3.05) is 6.54 Å². The van der Waals surface area contributed by atoms with Crippen LogP contribution in [0, 0.1) is 5.92 Å². The molecule has 1 heterocycles. The van der Waals surface area contributed by atoms with E-state index in [-0.39, 0.29) is 0 Å². The molecule has 0 aromatic heterocycles. The maximum Gasteiger partial charge on any atom is 0.0704 e.